The van der Waals surface area contributed by atoms with Crippen molar-refractivity contribution in [2.75, 3.05) is 4.90 Å². The van der Waals surface area contributed by atoms with Crippen LogP contribution in [0.3, 0.4) is 0 Å². The van der Waals surface area contributed by atoms with Crippen molar-refractivity contribution >= 4 is 34.9 Å². The van der Waals surface area contributed by atoms with Crippen molar-refractivity contribution in [3.8, 4) is 0 Å². The number of benzene rings is 2. The summed E-state index contributed by atoms with van der Waals surface area (Å²) in [5.74, 6) is 0.722. The number of fused-ring (bicyclic) bond motifs is 1. The van der Waals surface area contributed by atoms with E-state index in [1.54, 1.807) is 16.7 Å². The van der Waals surface area contributed by atoms with E-state index >= 15 is 0 Å². The first-order valence-corrected chi connectivity index (χ1v) is 11.4. The Morgan fingerprint density at radius 1 is 0.774 bits per heavy atom. The molecule has 0 bridgehead atoms. The van der Waals surface area contributed by atoms with E-state index in [0.29, 0.717) is 15.9 Å². The average molecular weight is 453 g/mol. The van der Waals surface area contributed by atoms with Crippen LogP contribution in [0, 0.1) is 5.92 Å². The van der Waals surface area contributed by atoms with Gasteiger partial charge in [0.2, 0.25) is 5.91 Å². The number of nitrogens with zero attached hydrogens (tertiary/aromatic N) is 2. The second-order valence-corrected chi connectivity index (χ2v) is 9.15. The number of pyridine rings is 1. The molecule has 6 heteroatoms. The minimum Gasteiger partial charge on any atom is -0.288 e. The van der Waals surface area contributed by atoms with Crippen LogP contribution in [0.2, 0.25) is 10.0 Å². The maximum absolute atomic E-state index is 13.8. The topological polar surface area (TPSA) is 42.3 Å². The second kappa shape index (κ2) is 8.18. The molecule has 1 fully saturated rings. The van der Waals surface area contributed by atoms with Crippen molar-refractivity contribution in [3.05, 3.63) is 98.3 Å². The van der Waals surface area contributed by atoms with Crippen LogP contribution in [0.15, 0.2) is 71.5 Å². The lowest BCUT2D eigenvalue weighted by Gasteiger charge is -2.30. The fraction of sp³-hybridized carbons (Fsp3) is 0.280. The first kappa shape index (κ1) is 20.3. The maximum atomic E-state index is 13.8. The van der Waals surface area contributed by atoms with Crippen LogP contribution < -0.4 is 10.5 Å². The van der Waals surface area contributed by atoms with E-state index in [0.717, 1.165) is 36.8 Å². The maximum Gasteiger partial charge on any atom is 0.252 e. The van der Waals surface area contributed by atoms with Crippen LogP contribution in [0.5, 0.6) is 0 Å². The quantitative estimate of drug-likeness (QED) is 0.487. The molecule has 0 spiro atoms. The zero-order chi connectivity index (χ0) is 21.5. The van der Waals surface area contributed by atoms with Gasteiger partial charge in [-0.05, 0) is 54.3 Å². The lowest BCUT2D eigenvalue weighted by molar-refractivity contribution is -0.122. The summed E-state index contributed by atoms with van der Waals surface area (Å²) in [6.07, 6.45) is 3.92. The van der Waals surface area contributed by atoms with Crippen molar-refractivity contribution in [1.29, 1.82) is 0 Å². The van der Waals surface area contributed by atoms with E-state index in [1.807, 2.05) is 59.5 Å². The molecule has 158 valence electrons. The number of hydrogen-bond acceptors (Lipinski definition) is 2. The van der Waals surface area contributed by atoms with Gasteiger partial charge in [-0.25, -0.2) is 0 Å². The van der Waals surface area contributed by atoms with Gasteiger partial charge in [0.15, 0.2) is 0 Å². The van der Waals surface area contributed by atoms with Crippen LogP contribution in [-0.4, -0.2) is 10.5 Å². The zero-order valence-electron chi connectivity index (χ0n) is 16.9. The first-order chi connectivity index (χ1) is 15.0. The Kier molecular flexibility index (Phi) is 5.37. The fourth-order valence-electron chi connectivity index (χ4n) is 4.99. The van der Waals surface area contributed by atoms with Gasteiger partial charge in [-0.3, -0.25) is 19.1 Å². The Labute approximate surface area is 191 Å². The normalized spacial score (nSPS) is 20.8. The van der Waals surface area contributed by atoms with Gasteiger partial charge in [0.1, 0.15) is 5.82 Å². The van der Waals surface area contributed by atoms with Gasteiger partial charge in [0, 0.05) is 22.0 Å². The van der Waals surface area contributed by atoms with Gasteiger partial charge in [-0.2, -0.15) is 0 Å². The predicted molar refractivity (Wildman–Crippen MR) is 124 cm³/mol. The van der Waals surface area contributed by atoms with Gasteiger partial charge in [-0.1, -0.05) is 66.4 Å². The Morgan fingerprint density at radius 3 is 1.90 bits per heavy atom. The van der Waals surface area contributed by atoms with Gasteiger partial charge >= 0.3 is 0 Å². The van der Waals surface area contributed by atoms with Gasteiger partial charge in [-0.15, -0.1) is 0 Å². The molecule has 2 heterocycles. The number of halogens is 2. The molecule has 0 N–H and O–H groups in total. The Bertz CT molecular complexity index is 1170. The van der Waals surface area contributed by atoms with Crippen LogP contribution in [0.1, 0.15) is 48.9 Å². The number of anilines is 1. The Hall–Kier alpha value is -2.56. The highest BCUT2D eigenvalue weighted by Crippen LogP contribution is 2.48. The minimum atomic E-state index is -0.354. The molecule has 1 amide bonds. The molecule has 1 saturated carbocycles. The minimum absolute atomic E-state index is 0.0115. The van der Waals surface area contributed by atoms with Gasteiger partial charge in [0.25, 0.3) is 5.56 Å². The largest absolute Gasteiger partial charge is 0.288 e. The lowest BCUT2D eigenvalue weighted by atomic mass is 9.92. The Morgan fingerprint density at radius 2 is 1.32 bits per heavy atom. The molecule has 1 aliphatic heterocycles. The third-order valence-corrected chi connectivity index (χ3v) is 6.94. The SMILES string of the molecule is O=C(C1CCCC1)N1c2cccc(=O)n2C(c2ccc(Cl)cc2)C1c1ccc(Cl)cc1. The summed E-state index contributed by atoms with van der Waals surface area (Å²) in [4.78, 5) is 28.7. The first-order valence-electron chi connectivity index (χ1n) is 10.6. The predicted octanol–water partition coefficient (Wildman–Crippen LogP) is 6.02. The van der Waals surface area contributed by atoms with Crippen LogP contribution in [-0.2, 0) is 4.79 Å². The highest BCUT2D eigenvalue weighted by atomic mass is 35.5. The average Bonchev–Trinajstić information content (AvgIpc) is 3.42. The fourth-order valence-corrected chi connectivity index (χ4v) is 5.24. The summed E-state index contributed by atoms with van der Waals surface area (Å²) < 4.78 is 1.75. The molecule has 2 unspecified atom stereocenters. The summed E-state index contributed by atoms with van der Waals surface area (Å²) in [7, 11) is 0. The summed E-state index contributed by atoms with van der Waals surface area (Å²) in [6, 6.07) is 19.5. The molecule has 2 aromatic carbocycles. The molecular weight excluding hydrogens is 431 g/mol. The number of carbonyl (C=O) groups is 1. The van der Waals surface area contributed by atoms with Crippen molar-refractivity contribution in [1.82, 2.24) is 4.57 Å². The third-order valence-electron chi connectivity index (χ3n) is 6.44. The summed E-state index contributed by atoms with van der Waals surface area (Å²) in [5.41, 5.74) is 1.75. The second-order valence-electron chi connectivity index (χ2n) is 8.27. The molecule has 2 atom stereocenters. The number of hydrogen-bond donors (Lipinski definition) is 0. The highest BCUT2D eigenvalue weighted by Gasteiger charge is 2.45. The summed E-state index contributed by atoms with van der Waals surface area (Å²) >= 11 is 12.3. The molecule has 5 rings (SSSR count). The molecule has 0 radical (unpaired) electrons. The van der Waals surface area contributed by atoms with E-state index < -0.39 is 0 Å². The Balaban J connectivity index is 1.73. The van der Waals surface area contributed by atoms with E-state index in [4.69, 9.17) is 23.2 Å². The van der Waals surface area contributed by atoms with Crippen molar-refractivity contribution in [3.63, 3.8) is 0 Å². The van der Waals surface area contributed by atoms with Crippen LogP contribution in [0.4, 0.5) is 5.82 Å². The molecular formula is C25H22Cl2N2O2. The van der Waals surface area contributed by atoms with E-state index in [1.165, 1.54) is 0 Å². The van der Waals surface area contributed by atoms with E-state index in [-0.39, 0.29) is 29.5 Å². The third kappa shape index (κ3) is 3.58. The summed E-state index contributed by atoms with van der Waals surface area (Å²) in [5, 5.41) is 1.26. The number of amides is 1. The molecule has 1 aromatic heterocycles. The molecule has 4 nitrogen and oxygen atoms in total. The highest BCUT2D eigenvalue weighted by molar-refractivity contribution is 6.30. The number of rotatable bonds is 3. The van der Waals surface area contributed by atoms with Crippen molar-refractivity contribution < 1.29 is 4.79 Å². The standard InChI is InChI=1S/C25H22Cl2N2O2/c26-19-12-8-16(9-13-19)23-24(17-10-14-20(27)15-11-17)29(25(31)18-4-1-2-5-18)21-6-3-7-22(30)28(21)23/h3,6-15,18,23-24H,1-2,4-5H2. The lowest BCUT2D eigenvalue weighted by Crippen LogP contribution is -2.37. The molecule has 2 aliphatic rings. The van der Waals surface area contributed by atoms with Gasteiger partial charge in [0.05, 0.1) is 12.1 Å². The number of aromatic nitrogens is 1. The smallest absolute Gasteiger partial charge is 0.252 e. The van der Waals surface area contributed by atoms with E-state index in [9.17, 15) is 9.59 Å². The molecule has 3 aromatic rings. The van der Waals surface area contributed by atoms with Crippen LogP contribution >= 0.6 is 23.2 Å². The van der Waals surface area contributed by atoms with E-state index in [2.05, 4.69) is 0 Å². The van der Waals surface area contributed by atoms with Crippen LogP contribution in [0.25, 0.3) is 0 Å². The van der Waals surface area contributed by atoms with Gasteiger partial charge < -0.3 is 0 Å². The summed E-state index contributed by atoms with van der Waals surface area (Å²) in [6.45, 7) is 0. The number of carbonyl (C=O) groups excluding carboxylic acids is 1. The van der Waals surface area contributed by atoms with Crippen molar-refractivity contribution in [2.24, 2.45) is 5.92 Å². The molecule has 31 heavy (non-hydrogen) atoms. The molecule has 1 aliphatic carbocycles. The zero-order valence-corrected chi connectivity index (χ0v) is 18.4. The van der Waals surface area contributed by atoms with Crippen molar-refractivity contribution in [2.45, 2.75) is 37.8 Å². The monoisotopic (exact) mass is 452 g/mol. The molecule has 0 saturated heterocycles.